The van der Waals surface area contributed by atoms with Crippen molar-refractivity contribution in [3.05, 3.63) is 47.5 Å². The van der Waals surface area contributed by atoms with Gasteiger partial charge in [0.25, 0.3) is 0 Å². The molecule has 2 unspecified atom stereocenters. The highest BCUT2D eigenvalue weighted by Crippen LogP contribution is 2.45. The van der Waals surface area contributed by atoms with Gasteiger partial charge >= 0.3 is 5.30 Å². The second kappa shape index (κ2) is 14.4. The van der Waals surface area contributed by atoms with E-state index in [1.54, 1.807) is 11.8 Å². The van der Waals surface area contributed by atoms with Gasteiger partial charge in [-0.25, -0.2) is 4.79 Å². The van der Waals surface area contributed by atoms with Crippen LogP contribution in [0.5, 0.6) is 0 Å². The maximum Gasteiger partial charge on any atom is 0.367 e. The number of ether oxygens (including phenoxy) is 2. The fourth-order valence-electron chi connectivity index (χ4n) is 4.36. The van der Waals surface area contributed by atoms with Gasteiger partial charge in [0.05, 0.1) is 9.40 Å². The van der Waals surface area contributed by atoms with E-state index in [1.165, 1.54) is 53.3 Å². The lowest BCUT2D eigenvalue weighted by molar-refractivity contribution is 0.120. The van der Waals surface area contributed by atoms with E-state index < -0.39 is 0 Å². The quantitative estimate of drug-likeness (QED) is 0.0909. The van der Waals surface area contributed by atoms with Crippen LogP contribution in [0.3, 0.4) is 0 Å². The molecule has 0 aliphatic carbocycles. The highest BCUT2D eigenvalue weighted by molar-refractivity contribution is 8.22. The van der Waals surface area contributed by atoms with Crippen molar-refractivity contribution in [2.45, 2.75) is 78.4 Å². The number of thioether (sulfide) groups is 2. The molecule has 0 saturated heterocycles. The van der Waals surface area contributed by atoms with Crippen LogP contribution >= 0.6 is 58.4 Å². The summed E-state index contributed by atoms with van der Waals surface area (Å²) in [5, 5.41) is 2.39. The van der Waals surface area contributed by atoms with E-state index in [0.717, 1.165) is 49.2 Å². The topological polar surface area (TPSA) is 35.5 Å². The number of benzene rings is 2. The second-order valence-corrected chi connectivity index (χ2v) is 14.1. The van der Waals surface area contributed by atoms with E-state index in [2.05, 4.69) is 64.1 Å². The molecule has 2 aromatic heterocycles. The first-order valence-corrected chi connectivity index (χ1v) is 17.6. The van der Waals surface area contributed by atoms with Crippen molar-refractivity contribution in [3.8, 4) is 0 Å². The van der Waals surface area contributed by atoms with Crippen molar-refractivity contribution in [1.29, 1.82) is 0 Å². The Morgan fingerprint density at radius 2 is 1.29 bits per heavy atom. The zero-order valence-corrected chi connectivity index (χ0v) is 26.6. The maximum absolute atomic E-state index is 12.3. The fourth-order valence-corrected chi connectivity index (χ4v) is 9.05. The van der Waals surface area contributed by atoms with E-state index in [0.29, 0.717) is 4.38 Å². The average molecular weight is 605 g/mol. The first kappa shape index (κ1) is 29.7. The molecule has 0 N–H and O–H groups in total. The van der Waals surface area contributed by atoms with Crippen molar-refractivity contribution in [2.75, 3.05) is 11.5 Å². The molecule has 0 radical (unpaired) electrons. The number of fused-ring (bicyclic) bond motifs is 5. The summed E-state index contributed by atoms with van der Waals surface area (Å²) in [6.07, 6.45) is 5.84. The van der Waals surface area contributed by atoms with E-state index in [9.17, 15) is 4.79 Å². The fraction of sp³-hybridized carbons (Fsp3) is 0.467. The number of hydrogen-bond donors (Lipinski definition) is 0. The minimum atomic E-state index is -0.211. The van der Waals surface area contributed by atoms with Gasteiger partial charge in [-0.15, -0.1) is 22.7 Å². The molecule has 0 aliphatic heterocycles. The smallest absolute Gasteiger partial charge is 0.367 e. The molecular weight excluding hydrogens is 569 g/mol. The van der Waals surface area contributed by atoms with Crippen LogP contribution in [-0.2, 0) is 9.47 Å². The molecule has 38 heavy (non-hydrogen) atoms. The van der Waals surface area contributed by atoms with E-state index in [4.69, 9.17) is 21.7 Å². The van der Waals surface area contributed by atoms with E-state index >= 15 is 0 Å². The minimum absolute atomic E-state index is 0.0192. The Kier molecular flexibility index (Phi) is 11.2. The third kappa shape index (κ3) is 7.05. The molecule has 0 aliphatic rings. The van der Waals surface area contributed by atoms with Gasteiger partial charge < -0.3 is 9.47 Å². The first-order chi connectivity index (χ1) is 18.5. The summed E-state index contributed by atoms with van der Waals surface area (Å²) in [6.45, 7) is 8.54. The van der Waals surface area contributed by atoms with Crippen molar-refractivity contribution < 1.29 is 14.3 Å². The van der Waals surface area contributed by atoms with Gasteiger partial charge in [-0.1, -0.05) is 76.6 Å². The summed E-state index contributed by atoms with van der Waals surface area (Å²) < 4.78 is 17.8. The third-order valence-electron chi connectivity index (χ3n) is 6.53. The highest BCUT2D eigenvalue weighted by atomic mass is 32.2. The summed E-state index contributed by atoms with van der Waals surface area (Å²) in [5.41, 5.74) is 2.25. The molecule has 8 heteroatoms. The number of thiophene rings is 2. The average Bonchev–Trinajstić information content (AvgIpc) is 3.45. The van der Waals surface area contributed by atoms with Crippen LogP contribution in [0.2, 0.25) is 0 Å². The van der Waals surface area contributed by atoms with Crippen molar-refractivity contribution in [3.63, 3.8) is 0 Å². The van der Waals surface area contributed by atoms with Gasteiger partial charge in [0.2, 0.25) is 4.38 Å². The lowest BCUT2D eigenvalue weighted by Crippen LogP contribution is -2.07. The van der Waals surface area contributed by atoms with Crippen LogP contribution in [0.25, 0.3) is 29.6 Å². The molecule has 0 amide bonds. The van der Waals surface area contributed by atoms with Gasteiger partial charge in [-0.3, -0.25) is 0 Å². The summed E-state index contributed by atoms with van der Waals surface area (Å²) in [5.74, 6) is 1.83. The molecule has 0 bridgehead atoms. The largest absolute Gasteiger partial charge is 0.470 e. The molecule has 0 spiro atoms. The molecule has 2 atom stereocenters. The van der Waals surface area contributed by atoms with Gasteiger partial charge in [-0.2, -0.15) is 0 Å². The molecule has 204 valence electrons. The normalized spacial score (nSPS) is 13.3. The summed E-state index contributed by atoms with van der Waals surface area (Å²) in [7, 11) is 0. The predicted molar refractivity (Wildman–Crippen MR) is 176 cm³/mol. The Morgan fingerprint density at radius 3 is 1.79 bits per heavy atom. The summed E-state index contributed by atoms with van der Waals surface area (Å²) in [4.78, 5) is 12.3. The standard InChI is InChI=1S/C30H36O3S5/c1-5-9-15-35-29(31)32-23(7-3)19-11-13-21-25(17-19)37-28-22-14-12-20(18-26(22)38-27(21)28)24(8-4)33-30(34)36-16-10-6-2/h11-14,17-18,23-24H,5-10,15-16H2,1-4H3. The number of carbonyl (C=O) groups is 1. The number of unbranched alkanes of at least 4 members (excludes halogenated alkanes) is 2. The molecule has 0 fully saturated rings. The maximum atomic E-state index is 12.3. The van der Waals surface area contributed by atoms with Gasteiger partial charge in [0.15, 0.2) is 0 Å². The zero-order chi connectivity index (χ0) is 27.1. The molecule has 4 aromatic rings. The summed E-state index contributed by atoms with van der Waals surface area (Å²) in [6, 6.07) is 13.3. The number of carbonyl (C=O) groups excluding carboxylic acids is 1. The number of hydrogen-bond acceptors (Lipinski definition) is 8. The monoisotopic (exact) mass is 604 g/mol. The Balaban J connectivity index is 1.55. The second-order valence-electron chi connectivity index (χ2n) is 9.31. The summed E-state index contributed by atoms with van der Waals surface area (Å²) >= 11 is 12.1. The third-order valence-corrected chi connectivity index (χ3v) is 11.1. The van der Waals surface area contributed by atoms with Crippen LogP contribution in [-0.4, -0.2) is 21.2 Å². The SMILES string of the molecule is CCCCSC(=O)OC(CC)c1ccc2c(c1)sc1c3ccc(C(CC)OC(=S)SCCCC)cc3sc21. The van der Waals surface area contributed by atoms with Crippen LogP contribution in [0.1, 0.15) is 89.6 Å². The molecule has 3 nitrogen and oxygen atoms in total. The molecule has 0 saturated carbocycles. The lowest BCUT2D eigenvalue weighted by Gasteiger charge is -2.18. The Bertz CT molecular complexity index is 1280. The molecule has 2 aromatic carbocycles. The van der Waals surface area contributed by atoms with Gasteiger partial charge in [-0.05, 0) is 72.9 Å². The Labute approximate surface area is 248 Å². The van der Waals surface area contributed by atoms with Crippen molar-refractivity contribution in [2.24, 2.45) is 0 Å². The van der Waals surface area contributed by atoms with Crippen LogP contribution in [0.15, 0.2) is 36.4 Å². The molecular formula is C30H36O3S5. The number of rotatable bonds is 12. The Morgan fingerprint density at radius 1 is 0.789 bits per heavy atom. The van der Waals surface area contributed by atoms with Gasteiger partial charge in [0.1, 0.15) is 12.2 Å². The van der Waals surface area contributed by atoms with E-state index in [-0.39, 0.29) is 17.5 Å². The lowest BCUT2D eigenvalue weighted by atomic mass is 10.1. The molecule has 2 heterocycles. The van der Waals surface area contributed by atoms with Crippen LogP contribution in [0.4, 0.5) is 4.79 Å². The minimum Gasteiger partial charge on any atom is -0.470 e. The van der Waals surface area contributed by atoms with E-state index in [1.807, 2.05) is 22.7 Å². The van der Waals surface area contributed by atoms with Crippen LogP contribution in [0, 0.1) is 0 Å². The molecule has 4 rings (SSSR count). The van der Waals surface area contributed by atoms with Gasteiger partial charge in [0, 0.05) is 31.7 Å². The highest BCUT2D eigenvalue weighted by Gasteiger charge is 2.20. The van der Waals surface area contributed by atoms with Crippen molar-refractivity contribution in [1.82, 2.24) is 0 Å². The predicted octanol–water partition coefficient (Wildman–Crippen LogP) is 11.7. The number of thiocarbonyl (C=S) groups is 1. The first-order valence-electron chi connectivity index (χ1n) is 13.5. The Hall–Kier alpha value is -1.32. The zero-order valence-electron chi connectivity index (χ0n) is 22.5. The van der Waals surface area contributed by atoms with Crippen molar-refractivity contribution >= 4 is 97.7 Å². The van der Waals surface area contributed by atoms with Crippen LogP contribution < -0.4 is 0 Å².